The van der Waals surface area contributed by atoms with Gasteiger partial charge in [-0.25, -0.2) is 4.98 Å². The molecule has 0 atom stereocenters. The topological polar surface area (TPSA) is 121 Å². The van der Waals surface area contributed by atoms with E-state index in [4.69, 9.17) is 16.6 Å². The molecule has 0 saturated carbocycles. The van der Waals surface area contributed by atoms with Crippen LogP contribution in [0.15, 0.2) is 67.3 Å². The van der Waals surface area contributed by atoms with Crippen LogP contribution in [0.1, 0.15) is 34.6 Å². The average molecular weight is 489 g/mol. The van der Waals surface area contributed by atoms with Gasteiger partial charge in [0.25, 0.3) is 5.91 Å². The zero-order valence-electron chi connectivity index (χ0n) is 19.0. The van der Waals surface area contributed by atoms with Crippen molar-refractivity contribution in [3.63, 3.8) is 0 Å². The Bertz CT molecular complexity index is 1300. The molecule has 4 heterocycles. The number of nitrogens with one attached hydrogen (secondary N) is 4. The molecule has 3 aromatic heterocycles. The summed E-state index contributed by atoms with van der Waals surface area (Å²) in [7, 11) is 0. The number of carbonyl (C=O) groups is 1. The molecule has 0 radical (unpaired) electrons. The van der Waals surface area contributed by atoms with Gasteiger partial charge in [0, 0.05) is 48.1 Å². The predicted octanol–water partition coefficient (Wildman–Crippen LogP) is 3.54. The van der Waals surface area contributed by atoms with Gasteiger partial charge in [0.2, 0.25) is 0 Å². The fourth-order valence-corrected chi connectivity index (χ4v) is 4.41. The van der Waals surface area contributed by atoms with E-state index in [-0.39, 0.29) is 5.91 Å². The van der Waals surface area contributed by atoms with Crippen molar-refractivity contribution in [1.29, 1.82) is 0 Å². The number of nitrogens with zero attached hydrogens (tertiary/aromatic N) is 4. The third kappa shape index (κ3) is 5.16. The SMILES string of the molecule is O=C(NCc1ccncc1Cl)c1cccc(NC2(c3nc(-c4ccncc4)n[nH]3)CCNCC2)c1. The first-order valence-electron chi connectivity index (χ1n) is 11.4. The molecule has 1 saturated heterocycles. The minimum Gasteiger partial charge on any atom is -0.373 e. The Morgan fingerprint density at radius 2 is 1.86 bits per heavy atom. The van der Waals surface area contributed by atoms with E-state index < -0.39 is 5.54 Å². The van der Waals surface area contributed by atoms with E-state index >= 15 is 0 Å². The van der Waals surface area contributed by atoms with Crippen molar-refractivity contribution in [3.05, 3.63) is 89.2 Å². The van der Waals surface area contributed by atoms with Gasteiger partial charge in [0.1, 0.15) is 0 Å². The van der Waals surface area contributed by atoms with Crippen LogP contribution in [0.3, 0.4) is 0 Å². The molecule has 10 heteroatoms. The molecular formula is C25H25ClN8O. The molecule has 5 rings (SSSR count). The van der Waals surface area contributed by atoms with E-state index in [2.05, 4.69) is 36.1 Å². The number of H-pyrrole nitrogens is 1. The molecular weight excluding hydrogens is 464 g/mol. The smallest absolute Gasteiger partial charge is 0.251 e. The number of aromatic nitrogens is 5. The second kappa shape index (κ2) is 10.2. The first-order chi connectivity index (χ1) is 17.1. The van der Waals surface area contributed by atoms with Crippen molar-refractivity contribution in [2.24, 2.45) is 0 Å². The van der Waals surface area contributed by atoms with E-state index in [1.165, 1.54) is 0 Å². The average Bonchev–Trinajstić information content (AvgIpc) is 3.41. The lowest BCUT2D eigenvalue weighted by molar-refractivity contribution is 0.0951. The first kappa shape index (κ1) is 22.9. The molecule has 4 aromatic rings. The molecule has 9 nitrogen and oxygen atoms in total. The van der Waals surface area contributed by atoms with Crippen molar-refractivity contribution in [3.8, 4) is 11.4 Å². The monoisotopic (exact) mass is 488 g/mol. The molecule has 1 fully saturated rings. The van der Waals surface area contributed by atoms with E-state index in [1.54, 1.807) is 36.9 Å². The molecule has 1 aliphatic rings. The third-order valence-electron chi connectivity index (χ3n) is 6.14. The summed E-state index contributed by atoms with van der Waals surface area (Å²) in [6.07, 6.45) is 8.30. The minimum absolute atomic E-state index is 0.180. The lowest BCUT2D eigenvalue weighted by atomic mass is 9.87. The summed E-state index contributed by atoms with van der Waals surface area (Å²) < 4.78 is 0. The Hall–Kier alpha value is -3.82. The fraction of sp³-hybridized carbons (Fsp3) is 0.240. The number of benzene rings is 1. The molecule has 1 aliphatic heterocycles. The number of carbonyl (C=O) groups excluding carboxylic acids is 1. The van der Waals surface area contributed by atoms with E-state index in [1.807, 2.05) is 30.3 Å². The van der Waals surface area contributed by atoms with Crippen molar-refractivity contribution in [2.75, 3.05) is 18.4 Å². The molecule has 0 unspecified atom stereocenters. The normalized spacial score (nSPS) is 14.9. The summed E-state index contributed by atoms with van der Waals surface area (Å²) in [6.45, 7) is 2.00. The number of piperidine rings is 1. The molecule has 0 spiro atoms. The van der Waals surface area contributed by atoms with Gasteiger partial charge in [-0.2, -0.15) is 5.10 Å². The van der Waals surface area contributed by atoms with Crippen molar-refractivity contribution in [1.82, 2.24) is 35.8 Å². The summed E-state index contributed by atoms with van der Waals surface area (Å²) in [5, 5.41) is 18.1. The number of hydrogen-bond acceptors (Lipinski definition) is 7. The highest BCUT2D eigenvalue weighted by Crippen LogP contribution is 2.33. The minimum atomic E-state index is -0.441. The lowest BCUT2D eigenvalue weighted by Gasteiger charge is -2.37. The number of halogens is 1. The molecule has 4 N–H and O–H groups in total. The fourth-order valence-electron chi connectivity index (χ4n) is 4.22. The lowest BCUT2D eigenvalue weighted by Crippen LogP contribution is -2.46. The Balaban J connectivity index is 1.35. The Labute approximate surface area is 207 Å². The van der Waals surface area contributed by atoms with Crippen LogP contribution in [0.4, 0.5) is 5.69 Å². The van der Waals surface area contributed by atoms with Crippen molar-refractivity contribution in [2.45, 2.75) is 24.9 Å². The molecule has 0 aliphatic carbocycles. The molecule has 1 aromatic carbocycles. The second-order valence-corrected chi connectivity index (χ2v) is 8.84. The highest BCUT2D eigenvalue weighted by molar-refractivity contribution is 6.31. The summed E-state index contributed by atoms with van der Waals surface area (Å²) in [5.41, 5.74) is 2.67. The number of anilines is 1. The van der Waals surface area contributed by atoms with Crippen LogP contribution in [0.25, 0.3) is 11.4 Å². The molecule has 0 bridgehead atoms. The zero-order chi connectivity index (χ0) is 24.1. The summed E-state index contributed by atoms with van der Waals surface area (Å²) in [5.74, 6) is 1.22. The van der Waals surface area contributed by atoms with Gasteiger partial charge in [0.05, 0.1) is 10.6 Å². The zero-order valence-corrected chi connectivity index (χ0v) is 19.7. The maximum Gasteiger partial charge on any atom is 0.251 e. The van der Waals surface area contributed by atoms with Gasteiger partial charge in [-0.1, -0.05) is 17.7 Å². The number of amides is 1. The highest BCUT2D eigenvalue weighted by Gasteiger charge is 2.37. The van der Waals surface area contributed by atoms with Crippen LogP contribution < -0.4 is 16.0 Å². The van der Waals surface area contributed by atoms with Crippen LogP contribution >= 0.6 is 11.6 Å². The van der Waals surface area contributed by atoms with Gasteiger partial charge in [-0.3, -0.25) is 19.9 Å². The summed E-state index contributed by atoms with van der Waals surface area (Å²) in [4.78, 5) is 25.7. The summed E-state index contributed by atoms with van der Waals surface area (Å²) >= 11 is 6.16. The number of pyridine rings is 2. The Morgan fingerprint density at radius 3 is 2.66 bits per heavy atom. The highest BCUT2D eigenvalue weighted by atomic mass is 35.5. The van der Waals surface area contributed by atoms with Crippen molar-refractivity contribution >= 4 is 23.2 Å². The van der Waals surface area contributed by atoms with E-state index in [0.29, 0.717) is 23.0 Å². The maximum absolute atomic E-state index is 12.8. The molecule has 178 valence electrons. The van der Waals surface area contributed by atoms with Crippen LogP contribution in [0.2, 0.25) is 5.02 Å². The van der Waals surface area contributed by atoms with Crippen molar-refractivity contribution < 1.29 is 4.79 Å². The largest absolute Gasteiger partial charge is 0.373 e. The number of hydrogen-bond donors (Lipinski definition) is 4. The standard InChI is InChI=1S/C25H25ClN8O/c26-21-16-29-11-6-19(21)15-30-23(35)18-2-1-3-20(14-18)32-25(7-12-28-13-8-25)24-31-22(33-34-24)17-4-9-27-10-5-17/h1-6,9-11,14,16,28,32H,7-8,12-13,15H2,(H,30,35)(H,31,33,34). The van der Waals surface area contributed by atoms with Gasteiger partial charge in [-0.05, 0) is 67.9 Å². The molecule has 1 amide bonds. The second-order valence-electron chi connectivity index (χ2n) is 8.43. The molecule has 35 heavy (non-hydrogen) atoms. The number of rotatable bonds is 7. The number of aromatic amines is 1. The first-order valence-corrected chi connectivity index (χ1v) is 11.8. The quantitative estimate of drug-likeness (QED) is 0.314. The van der Waals surface area contributed by atoms with Gasteiger partial charge >= 0.3 is 0 Å². The van der Waals surface area contributed by atoms with Crippen LogP contribution in [-0.2, 0) is 12.1 Å². The Kier molecular flexibility index (Phi) is 6.69. The van der Waals surface area contributed by atoms with Gasteiger partial charge in [0.15, 0.2) is 11.6 Å². The van der Waals surface area contributed by atoms with Gasteiger partial charge in [-0.15, -0.1) is 0 Å². The van der Waals surface area contributed by atoms with E-state index in [0.717, 1.165) is 48.6 Å². The van der Waals surface area contributed by atoms with E-state index in [9.17, 15) is 4.79 Å². The predicted molar refractivity (Wildman–Crippen MR) is 134 cm³/mol. The maximum atomic E-state index is 12.8. The third-order valence-corrected chi connectivity index (χ3v) is 6.48. The van der Waals surface area contributed by atoms with Crippen LogP contribution in [0, 0.1) is 0 Å². The van der Waals surface area contributed by atoms with Gasteiger partial charge < -0.3 is 16.0 Å². The van der Waals surface area contributed by atoms with Crippen LogP contribution in [-0.4, -0.2) is 44.1 Å². The van der Waals surface area contributed by atoms with Crippen LogP contribution in [0.5, 0.6) is 0 Å². The summed E-state index contributed by atoms with van der Waals surface area (Å²) in [6, 6.07) is 13.0. The Morgan fingerprint density at radius 1 is 1.06 bits per heavy atom.